The van der Waals surface area contributed by atoms with Crippen LogP contribution in [0.3, 0.4) is 0 Å². The predicted molar refractivity (Wildman–Crippen MR) is 66.4 cm³/mol. The van der Waals surface area contributed by atoms with Gasteiger partial charge < -0.3 is 14.6 Å². The molecule has 0 saturated carbocycles. The number of hydrogen-bond acceptors (Lipinski definition) is 3. The average Bonchev–Trinajstić information content (AvgIpc) is 2.66. The van der Waals surface area contributed by atoms with Crippen LogP contribution in [0.1, 0.15) is 27.2 Å². The lowest BCUT2D eigenvalue weighted by molar-refractivity contribution is 0.0529. The summed E-state index contributed by atoms with van der Waals surface area (Å²) in [6.07, 6.45) is 5.42. The van der Waals surface area contributed by atoms with E-state index >= 15 is 0 Å². The Bertz CT molecular complexity index is 377. The first-order valence-electron chi connectivity index (χ1n) is 5.51. The molecule has 5 nitrogen and oxygen atoms in total. The van der Waals surface area contributed by atoms with E-state index in [9.17, 15) is 4.79 Å². The van der Waals surface area contributed by atoms with E-state index in [4.69, 9.17) is 4.74 Å². The van der Waals surface area contributed by atoms with Gasteiger partial charge in [0, 0.05) is 31.1 Å². The number of hydrogen-bond donors (Lipinski definition) is 1. The van der Waals surface area contributed by atoms with Crippen LogP contribution in [0.5, 0.6) is 0 Å². The molecular formula is C12H19N3O2. The molecule has 0 aliphatic heterocycles. The Morgan fingerprint density at radius 3 is 2.76 bits per heavy atom. The van der Waals surface area contributed by atoms with Gasteiger partial charge in [-0.25, -0.2) is 9.78 Å². The van der Waals surface area contributed by atoms with Crippen LogP contribution in [0.2, 0.25) is 0 Å². The monoisotopic (exact) mass is 237 g/mol. The van der Waals surface area contributed by atoms with Crippen LogP contribution in [0.4, 0.5) is 4.79 Å². The summed E-state index contributed by atoms with van der Waals surface area (Å²) in [5, 5.41) is 2.68. The molecule has 5 heteroatoms. The van der Waals surface area contributed by atoms with Crippen LogP contribution in [0.15, 0.2) is 25.3 Å². The number of alkyl carbamates (subject to hydrolysis) is 1. The zero-order valence-corrected chi connectivity index (χ0v) is 10.6. The lowest BCUT2D eigenvalue weighted by Crippen LogP contribution is -2.33. The Balaban J connectivity index is 2.24. The van der Waals surface area contributed by atoms with Crippen molar-refractivity contribution < 1.29 is 9.53 Å². The molecule has 1 aromatic heterocycles. The number of rotatable bonds is 4. The van der Waals surface area contributed by atoms with Gasteiger partial charge in [0.05, 0.1) is 6.33 Å². The molecule has 0 spiro atoms. The van der Waals surface area contributed by atoms with E-state index in [1.165, 1.54) is 0 Å². The Kier molecular flexibility index (Phi) is 4.31. The zero-order valence-electron chi connectivity index (χ0n) is 10.6. The van der Waals surface area contributed by atoms with Crippen LogP contribution in [0, 0.1) is 0 Å². The molecule has 0 bridgehead atoms. The normalized spacial score (nSPS) is 11.0. The van der Waals surface area contributed by atoms with Crippen molar-refractivity contribution in [3.05, 3.63) is 25.3 Å². The van der Waals surface area contributed by atoms with Crippen LogP contribution in [-0.4, -0.2) is 27.8 Å². The average molecular weight is 237 g/mol. The Morgan fingerprint density at radius 1 is 1.53 bits per heavy atom. The van der Waals surface area contributed by atoms with E-state index < -0.39 is 11.7 Å². The van der Waals surface area contributed by atoms with Crippen molar-refractivity contribution in [2.75, 3.05) is 6.54 Å². The van der Waals surface area contributed by atoms with Crippen molar-refractivity contribution in [1.29, 1.82) is 0 Å². The highest BCUT2D eigenvalue weighted by Gasteiger charge is 2.15. The van der Waals surface area contributed by atoms with Gasteiger partial charge in [-0.05, 0) is 20.8 Å². The summed E-state index contributed by atoms with van der Waals surface area (Å²) >= 11 is 0. The molecule has 1 heterocycles. The number of carbonyl (C=O) groups is 1. The first kappa shape index (κ1) is 13.3. The quantitative estimate of drug-likeness (QED) is 0.874. The smallest absolute Gasteiger partial charge is 0.407 e. The Morgan fingerprint density at radius 2 is 2.24 bits per heavy atom. The predicted octanol–water partition coefficient (Wildman–Crippen LogP) is 2.27. The third kappa shape index (κ3) is 5.19. The minimum atomic E-state index is -0.467. The van der Waals surface area contributed by atoms with E-state index in [1.54, 1.807) is 12.5 Å². The van der Waals surface area contributed by atoms with Crippen LogP contribution < -0.4 is 5.32 Å². The van der Waals surface area contributed by atoms with Crippen molar-refractivity contribution in [2.45, 2.75) is 32.8 Å². The van der Waals surface area contributed by atoms with Crippen molar-refractivity contribution >= 4 is 11.8 Å². The van der Waals surface area contributed by atoms with E-state index in [2.05, 4.69) is 16.9 Å². The first-order valence-corrected chi connectivity index (χ1v) is 5.51. The van der Waals surface area contributed by atoms with Crippen molar-refractivity contribution in [2.24, 2.45) is 0 Å². The molecule has 0 aliphatic carbocycles. The molecule has 0 radical (unpaired) electrons. The minimum absolute atomic E-state index is 0.407. The number of nitrogens with one attached hydrogen (secondary N) is 1. The molecule has 1 aromatic rings. The van der Waals surface area contributed by atoms with Gasteiger partial charge in [-0.1, -0.05) is 6.58 Å². The fraction of sp³-hybridized carbons (Fsp3) is 0.500. The van der Waals surface area contributed by atoms with Gasteiger partial charge in [0.1, 0.15) is 5.60 Å². The molecule has 0 unspecified atom stereocenters. The van der Waals surface area contributed by atoms with E-state index in [0.29, 0.717) is 13.0 Å². The van der Waals surface area contributed by atoms with Crippen LogP contribution in [-0.2, 0) is 4.74 Å². The molecule has 0 aromatic carbocycles. The van der Waals surface area contributed by atoms with Gasteiger partial charge in [-0.3, -0.25) is 0 Å². The SMILES string of the molecule is C=C(CCNC(=O)OC(C)(C)C)n1ccnc1. The van der Waals surface area contributed by atoms with Crippen LogP contribution >= 0.6 is 0 Å². The third-order valence-corrected chi connectivity index (χ3v) is 1.95. The fourth-order valence-electron chi connectivity index (χ4n) is 1.20. The fourth-order valence-corrected chi connectivity index (χ4v) is 1.20. The molecule has 0 atom stereocenters. The van der Waals surface area contributed by atoms with E-state index in [0.717, 1.165) is 5.70 Å². The molecule has 17 heavy (non-hydrogen) atoms. The van der Waals surface area contributed by atoms with E-state index in [1.807, 2.05) is 31.5 Å². The van der Waals surface area contributed by atoms with Gasteiger partial charge in [0.15, 0.2) is 0 Å². The molecule has 1 N–H and O–H groups in total. The lowest BCUT2D eigenvalue weighted by atomic mass is 10.2. The number of imidazole rings is 1. The highest BCUT2D eigenvalue weighted by Crippen LogP contribution is 2.07. The van der Waals surface area contributed by atoms with Gasteiger partial charge >= 0.3 is 6.09 Å². The largest absolute Gasteiger partial charge is 0.444 e. The summed E-state index contributed by atoms with van der Waals surface area (Å²) in [5.41, 5.74) is 0.407. The van der Waals surface area contributed by atoms with E-state index in [-0.39, 0.29) is 0 Å². The maximum absolute atomic E-state index is 11.3. The van der Waals surface area contributed by atoms with Crippen molar-refractivity contribution in [3.8, 4) is 0 Å². The Labute approximate surface area is 101 Å². The summed E-state index contributed by atoms with van der Waals surface area (Å²) in [5.74, 6) is 0. The maximum Gasteiger partial charge on any atom is 0.407 e. The van der Waals surface area contributed by atoms with Gasteiger partial charge in [0.25, 0.3) is 0 Å². The number of carbonyl (C=O) groups excluding carboxylic acids is 1. The zero-order chi connectivity index (χ0) is 12.9. The highest BCUT2D eigenvalue weighted by atomic mass is 16.6. The van der Waals surface area contributed by atoms with Crippen LogP contribution in [0.25, 0.3) is 5.70 Å². The van der Waals surface area contributed by atoms with Crippen molar-refractivity contribution in [1.82, 2.24) is 14.9 Å². The lowest BCUT2D eigenvalue weighted by Gasteiger charge is -2.19. The first-order chi connectivity index (χ1) is 7.88. The number of ether oxygens (including phenoxy) is 1. The summed E-state index contributed by atoms with van der Waals surface area (Å²) < 4.78 is 6.93. The van der Waals surface area contributed by atoms with Gasteiger partial charge in [-0.15, -0.1) is 0 Å². The summed E-state index contributed by atoms with van der Waals surface area (Å²) in [6.45, 7) is 9.88. The number of aromatic nitrogens is 2. The summed E-state index contributed by atoms with van der Waals surface area (Å²) in [6, 6.07) is 0. The summed E-state index contributed by atoms with van der Waals surface area (Å²) in [4.78, 5) is 15.3. The third-order valence-electron chi connectivity index (χ3n) is 1.95. The highest BCUT2D eigenvalue weighted by molar-refractivity contribution is 5.67. The molecule has 1 amide bonds. The molecule has 0 aliphatic rings. The minimum Gasteiger partial charge on any atom is -0.444 e. The Hall–Kier alpha value is -1.78. The van der Waals surface area contributed by atoms with Crippen molar-refractivity contribution in [3.63, 3.8) is 0 Å². The molecule has 0 saturated heterocycles. The molecule has 1 rings (SSSR count). The van der Waals surface area contributed by atoms with Gasteiger partial charge in [-0.2, -0.15) is 0 Å². The van der Waals surface area contributed by atoms with Gasteiger partial charge in [0.2, 0.25) is 0 Å². The number of nitrogens with zero attached hydrogens (tertiary/aromatic N) is 2. The number of amides is 1. The standard InChI is InChI=1S/C12H19N3O2/c1-10(15-8-7-13-9-15)5-6-14-11(16)17-12(2,3)4/h7-9H,1,5-6H2,2-4H3,(H,14,16). The molecule has 94 valence electrons. The second-order valence-electron chi connectivity index (χ2n) is 4.71. The molecule has 0 fully saturated rings. The topological polar surface area (TPSA) is 56.1 Å². The second-order valence-corrected chi connectivity index (χ2v) is 4.71. The summed E-state index contributed by atoms with van der Waals surface area (Å²) in [7, 11) is 0. The molecular weight excluding hydrogens is 218 g/mol. The maximum atomic E-state index is 11.3. The second kappa shape index (κ2) is 5.52.